The maximum atomic E-state index is 6.67. The molecule has 0 radical (unpaired) electrons. The third kappa shape index (κ3) is 3.56. The van der Waals surface area contributed by atoms with Gasteiger partial charge in [-0.1, -0.05) is 121 Å². The summed E-state index contributed by atoms with van der Waals surface area (Å²) in [6.45, 7) is 0. The number of hydrogen-bond donors (Lipinski definition) is 0. The Morgan fingerprint density at radius 2 is 1.09 bits per heavy atom. The molecule has 0 aliphatic carbocycles. The zero-order valence-corrected chi connectivity index (χ0v) is 23.7. The highest BCUT2D eigenvalue weighted by molar-refractivity contribution is 6.11. The first-order chi connectivity index (χ1) is 21.8. The van der Waals surface area contributed by atoms with Crippen molar-refractivity contribution in [1.82, 2.24) is 0 Å². The molecular weight excluding hydrogens is 540 g/mol. The number of para-hydroxylation sites is 2. The minimum atomic E-state index is -0.544. The van der Waals surface area contributed by atoms with Crippen LogP contribution in [0.15, 0.2) is 167 Å². The Bertz CT molecular complexity index is 2270. The van der Waals surface area contributed by atoms with Gasteiger partial charge in [0.25, 0.3) is 0 Å². The SMILES string of the molecule is c1ccc(C2(c3ccccc3)c3ccccc3Oc3cc(-c4ccc(-c5cccc6oc7ccccc7c56)o4)ccc32)cc1. The van der Waals surface area contributed by atoms with Crippen LogP contribution in [0.25, 0.3) is 44.6 Å². The van der Waals surface area contributed by atoms with Crippen molar-refractivity contribution in [2.75, 3.05) is 0 Å². The Morgan fingerprint density at radius 3 is 1.91 bits per heavy atom. The predicted octanol–water partition coefficient (Wildman–Crippen LogP) is 11.0. The molecule has 0 fully saturated rings. The van der Waals surface area contributed by atoms with E-state index >= 15 is 0 Å². The molecule has 0 spiro atoms. The van der Waals surface area contributed by atoms with E-state index in [0.717, 1.165) is 67.2 Å². The average Bonchev–Trinajstić information content (AvgIpc) is 3.73. The molecule has 9 rings (SSSR count). The molecule has 0 N–H and O–H groups in total. The fourth-order valence-corrected chi connectivity index (χ4v) is 6.98. The van der Waals surface area contributed by atoms with Crippen molar-refractivity contribution in [2.45, 2.75) is 5.41 Å². The third-order valence-corrected chi connectivity index (χ3v) is 8.87. The summed E-state index contributed by atoms with van der Waals surface area (Å²) in [6, 6.07) is 54.6. The maximum Gasteiger partial charge on any atom is 0.136 e. The minimum absolute atomic E-state index is 0.544. The number of fused-ring (bicyclic) bond motifs is 5. The van der Waals surface area contributed by atoms with Crippen LogP contribution in [0.4, 0.5) is 0 Å². The zero-order valence-electron chi connectivity index (χ0n) is 23.7. The molecule has 0 bridgehead atoms. The molecule has 3 nitrogen and oxygen atoms in total. The highest BCUT2D eigenvalue weighted by Crippen LogP contribution is 2.55. The smallest absolute Gasteiger partial charge is 0.136 e. The summed E-state index contributed by atoms with van der Waals surface area (Å²) >= 11 is 0. The molecule has 8 aromatic rings. The first kappa shape index (κ1) is 24.8. The van der Waals surface area contributed by atoms with Gasteiger partial charge in [-0.15, -0.1) is 0 Å². The summed E-state index contributed by atoms with van der Waals surface area (Å²) in [4.78, 5) is 0. The summed E-state index contributed by atoms with van der Waals surface area (Å²) in [5, 5.41) is 2.14. The molecule has 1 aliphatic heterocycles. The summed E-state index contributed by atoms with van der Waals surface area (Å²) < 4.78 is 19.4. The Balaban J connectivity index is 1.22. The second kappa shape index (κ2) is 9.62. The second-order valence-corrected chi connectivity index (χ2v) is 11.2. The van der Waals surface area contributed by atoms with Crippen molar-refractivity contribution < 1.29 is 13.6 Å². The molecule has 44 heavy (non-hydrogen) atoms. The van der Waals surface area contributed by atoms with Gasteiger partial charge in [-0.3, -0.25) is 0 Å². The van der Waals surface area contributed by atoms with Gasteiger partial charge >= 0.3 is 0 Å². The maximum absolute atomic E-state index is 6.67. The van der Waals surface area contributed by atoms with Crippen LogP contribution < -0.4 is 4.74 Å². The van der Waals surface area contributed by atoms with Gasteiger partial charge in [0, 0.05) is 33.0 Å². The van der Waals surface area contributed by atoms with Crippen molar-refractivity contribution in [2.24, 2.45) is 0 Å². The van der Waals surface area contributed by atoms with E-state index in [-0.39, 0.29) is 0 Å². The zero-order chi connectivity index (χ0) is 29.1. The lowest BCUT2D eigenvalue weighted by molar-refractivity contribution is 0.434. The lowest BCUT2D eigenvalue weighted by Gasteiger charge is -2.41. The molecule has 208 valence electrons. The van der Waals surface area contributed by atoms with Crippen molar-refractivity contribution in [3.8, 4) is 34.1 Å². The van der Waals surface area contributed by atoms with Gasteiger partial charge in [-0.05, 0) is 47.5 Å². The number of benzene rings is 6. The van der Waals surface area contributed by atoms with Crippen molar-refractivity contribution in [3.63, 3.8) is 0 Å². The highest BCUT2D eigenvalue weighted by Gasteiger charge is 2.45. The predicted molar refractivity (Wildman–Crippen MR) is 175 cm³/mol. The molecular formula is C41H26O3. The second-order valence-electron chi connectivity index (χ2n) is 11.2. The molecule has 0 unspecified atom stereocenters. The van der Waals surface area contributed by atoms with Crippen LogP contribution in [0.1, 0.15) is 22.3 Å². The van der Waals surface area contributed by atoms with Gasteiger partial charge in [-0.25, -0.2) is 0 Å². The largest absolute Gasteiger partial charge is 0.457 e. The standard InChI is InChI=1S/C41H26O3/c1-3-12-28(13-4-1)41(29-14-5-2-6-15-29)32-18-8-10-20-37(32)44-39-26-27(22-23-33(39)41)34-24-25-36(42-34)31-17-11-21-38-40(31)30-16-7-9-19-35(30)43-38/h1-26H. The van der Waals surface area contributed by atoms with Crippen LogP contribution in [0.3, 0.4) is 0 Å². The average molecular weight is 567 g/mol. The quantitative estimate of drug-likeness (QED) is 0.213. The van der Waals surface area contributed by atoms with E-state index in [1.165, 1.54) is 11.1 Å². The van der Waals surface area contributed by atoms with E-state index in [4.69, 9.17) is 13.6 Å². The van der Waals surface area contributed by atoms with Crippen LogP contribution in [0.5, 0.6) is 11.5 Å². The van der Waals surface area contributed by atoms with Gasteiger partial charge in [0.1, 0.15) is 34.2 Å². The Kier molecular flexibility index (Phi) is 5.41. The first-order valence-corrected chi connectivity index (χ1v) is 14.8. The first-order valence-electron chi connectivity index (χ1n) is 14.8. The molecule has 3 heterocycles. The van der Waals surface area contributed by atoms with Crippen molar-refractivity contribution in [1.29, 1.82) is 0 Å². The van der Waals surface area contributed by atoms with E-state index < -0.39 is 5.41 Å². The van der Waals surface area contributed by atoms with E-state index in [1.807, 2.05) is 48.5 Å². The van der Waals surface area contributed by atoms with Gasteiger partial charge in [-0.2, -0.15) is 0 Å². The molecule has 0 saturated heterocycles. The lowest BCUT2D eigenvalue weighted by atomic mass is 9.63. The fraction of sp³-hybridized carbons (Fsp3) is 0.0244. The number of hydrogen-bond acceptors (Lipinski definition) is 3. The summed E-state index contributed by atoms with van der Waals surface area (Å²) in [5.41, 5.74) is 7.74. The summed E-state index contributed by atoms with van der Waals surface area (Å²) in [6.07, 6.45) is 0. The normalized spacial score (nSPS) is 13.4. The Hall–Kier alpha value is -5.80. The molecule has 3 heteroatoms. The number of furan rings is 2. The van der Waals surface area contributed by atoms with E-state index in [9.17, 15) is 0 Å². The molecule has 2 aromatic heterocycles. The van der Waals surface area contributed by atoms with Crippen molar-refractivity contribution >= 4 is 21.9 Å². The monoisotopic (exact) mass is 566 g/mol. The van der Waals surface area contributed by atoms with Crippen molar-refractivity contribution in [3.05, 3.63) is 180 Å². The van der Waals surface area contributed by atoms with Gasteiger partial charge in [0.2, 0.25) is 0 Å². The number of rotatable bonds is 4. The highest BCUT2D eigenvalue weighted by atomic mass is 16.5. The molecule has 6 aromatic carbocycles. The van der Waals surface area contributed by atoms with Gasteiger partial charge in [0.05, 0.1) is 5.41 Å². The van der Waals surface area contributed by atoms with Gasteiger partial charge < -0.3 is 13.6 Å². The van der Waals surface area contributed by atoms with Crippen LogP contribution >= 0.6 is 0 Å². The Labute approximate surface area is 254 Å². The van der Waals surface area contributed by atoms with Crippen LogP contribution in [0.2, 0.25) is 0 Å². The molecule has 1 aliphatic rings. The Morgan fingerprint density at radius 1 is 0.432 bits per heavy atom. The minimum Gasteiger partial charge on any atom is -0.457 e. The van der Waals surface area contributed by atoms with Crippen LogP contribution in [-0.4, -0.2) is 0 Å². The molecule has 0 saturated carbocycles. The van der Waals surface area contributed by atoms with Crippen LogP contribution in [0, 0.1) is 0 Å². The molecule has 0 atom stereocenters. The van der Waals surface area contributed by atoms with E-state index in [2.05, 4.69) is 109 Å². The summed E-state index contributed by atoms with van der Waals surface area (Å²) in [7, 11) is 0. The third-order valence-electron chi connectivity index (χ3n) is 8.87. The summed E-state index contributed by atoms with van der Waals surface area (Å²) in [5.74, 6) is 3.24. The molecule has 0 amide bonds. The van der Waals surface area contributed by atoms with Gasteiger partial charge in [0.15, 0.2) is 0 Å². The number of ether oxygens (including phenoxy) is 1. The topological polar surface area (TPSA) is 35.5 Å². The van der Waals surface area contributed by atoms with Crippen LogP contribution in [-0.2, 0) is 5.41 Å². The van der Waals surface area contributed by atoms with E-state index in [0.29, 0.717) is 0 Å². The lowest BCUT2D eigenvalue weighted by Crippen LogP contribution is -2.34. The fourth-order valence-electron chi connectivity index (χ4n) is 6.98. The van der Waals surface area contributed by atoms with E-state index in [1.54, 1.807) is 0 Å².